The van der Waals surface area contributed by atoms with E-state index in [2.05, 4.69) is 91.8 Å². The lowest BCUT2D eigenvalue weighted by atomic mass is 9.99. The number of aromatic nitrogens is 2. The van der Waals surface area contributed by atoms with E-state index in [9.17, 15) is 0 Å². The molecule has 0 amide bonds. The second-order valence-corrected chi connectivity index (χ2v) is 6.51. The highest BCUT2D eigenvalue weighted by Crippen LogP contribution is 2.30. The van der Waals surface area contributed by atoms with Crippen LogP contribution in [0.2, 0.25) is 0 Å². The van der Waals surface area contributed by atoms with E-state index in [1.165, 1.54) is 44.2 Å². The van der Waals surface area contributed by atoms with Gasteiger partial charge in [-0.05, 0) is 56.2 Å². The summed E-state index contributed by atoms with van der Waals surface area (Å²) in [5.74, 6) is 0. The maximum absolute atomic E-state index is 2.32. The molecule has 3 aromatic heterocycles. The normalized spacial score (nSPS) is 11.5. The van der Waals surface area contributed by atoms with Gasteiger partial charge in [0, 0.05) is 40.4 Å². The number of aryl methyl sites for hydroxylation is 4. The molecule has 114 valence electrons. The zero-order chi connectivity index (χ0) is 16.1. The number of fused-ring (bicyclic) bond motifs is 3. The monoisotopic (exact) mass is 301 g/mol. The minimum atomic E-state index is 1.27. The van der Waals surface area contributed by atoms with Crippen LogP contribution in [-0.2, 0) is 7.05 Å². The van der Waals surface area contributed by atoms with E-state index in [4.69, 9.17) is 0 Å². The first-order valence-electron chi connectivity index (χ1n) is 8.02. The Morgan fingerprint density at radius 3 is 2.57 bits per heavy atom. The molecule has 0 aliphatic heterocycles. The zero-order valence-corrected chi connectivity index (χ0v) is 14.1. The van der Waals surface area contributed by atoms with Crippen LogP contribution in [0.15, 0.2) is 55.0 Å². The Balaban J connectivity index is 2.03. The summed E-state index contributed by atoms with van der Waals surface area (Å²) in [5, 5.41) is 2.60. The van der Waals surface area contributed by atoms with Crippen molar-refractivity contribution in [3.63, 3.8) is 0 Å². The van der Waals surface area contributed by atoms with Crippen molar-refractivity contribution >= 4 is 16.3 Å². The van der Waals surface area contributed by atoms with Crippen LogP contribution in [0.25, 0.3) is 27.5 Å². The van der Waals surface area contributed by atoms with Crippen LogP contribution in [-0.4, -0.2) is 4.40 Å². The Morgan fingerprint density at radius 2 is 1.74 bits per heavy atom. The quantitative estimate of drug-likeness (QED) is 0.457. The first kappa shape index (κ1) is 14.0. The summed E-state index contributed by atoms with van der Waals surface area (Å²) in [6.07, 6.45) is 6.54. The van der Waals surface area contributed by atoms with Gasteiger partial charge in [-0.3, -0.25) is 0 Å². The molecule has 0 aliphatic carbocycles. The van der Waals surface area contributed by atoms with Gasteiger partial charge >= 0.3 is 0 Å². The van der Waals surface area contributed by atoms with Gasteiger partial charge in [-0.2, -0.15) is 0 Å². The number of nitrogens with zero attached hydrogens (tertiary/aromatic N) is 2. The maximum atomic E-state index is 2.32. The van der Waals surface area contributed by atoms with Crippen molar-refractivity contribution in [2.45, 2.75) is 20.8 Å². The van der Waals surface area contributed by atoms with E-state index in [1.807, 2.05) is 0 Å². The number of hydrogen-bond donors (Lipinski definition) is 0. The van der Waals surface area contributed by atoms with Crippen molar-refractivity contribution in [1.82, 2.24) is 4.40 Å². The lowest BCUT2D eigenvalue weighted by molar-refractivity contribution is -0.660. The van der Waals surface area contributed by atoms with Crippen molar-refractivity contribution in [2.24, 2.45) is 7.05 Å². The average Bonchev–Trinajstić information content (AvgIpc) is 2.88. The van der Waals surface area contributed by atoms with Gasteiger partial charge in [-0.25, -0.2) is 4.57 Å². The fraction of sp³-hybridized carbons (Fsp3) is 0.190. The molecule has 2 heteroatoms. The molecule has 0 aliphatic rings. The summed E-state index contributed by atoms with van der Waals surface area (Å²) < 4.78 is 4.43. The van der Waals surface area contributed by atoms with E-state index in [0.717, 1.165) is 0 Å². The van der Waals surface area contributed by atoms with Gasteiger partial charge in [-0.1, -0.05) is 6.07 Å². The molecule has 0 spiro atoms. The SMILES string of the molecule is Cc1cc(-c2cc3cn4ccccc4c3cc2C)[n+](C)cc1C. The fourth-order valence-electron chi connectivity index (χ4n) is 3.43. The second-order valence-electron chi connectivity index (χ2n) is 6.51. The number of hydrogen-bond acceptors (Lipinski definition) is 0. The minimum Gasteiger partial charge on any atom is -0.323 e. The van der Waals surface area contributed by atoms with Crippen LogP contribution >= 0.6 is 0 Å². The van der Waals surface area contributed by atoms with E-state index in [0.29, 0.717) is 0 Å². The zero-order valence-electron chi connectivity index (χ0n) is 14.1. The van der Waals surface area contributed by atoms with Crippen LogP contribution in [0.1, 0.15) is 16.7 Å². The van der Waals surface area contributed by atoms with E-state index in [-0.39, 0.29) is 0 Å². The van der Waals surface area contributed by atoms with Gasteiger partial charge < -0.3 is 4.40 Å². The first-order chi connectivity index (χ1) is 11.0. The summed E-state index contributed by atoms with van der Waals surface area (Å²) in [6, 6.07) is 13.3. The highest BCUT2D eigenvalue weighted by Gasteiger charge is 2.16. The van der Waals surface area contributed by atoms with E-state index in [1.54, 1.807) is 0 Å². The van der Waals surface area contributed by atoms with Gasteiger partial charge in [0.25, 0.3) is 0 Å². The van der Waals surface area contributed by atoms with Crippen LogP contribution in [0.5, 0.6) is 0 Å². The third-order valence-corrected chi connectivity index (χ3v) is 4.86. The average molecular weight is 301 g/mol. The fourth-order valence-corrected chi connectivity index (χ4v) is 3.43. The largest absolute Gasteiger partial charge is 0.323 e. The molecule has 23 heavy (non-hydrogen) atoms. The topological polar surface area (TPSA) is 8.29 Å². The molecule has 0 unspecified atom stereocenters. The Bertz CT molecular complexity index is 1050. The van der Waals surface area contributed by atoms with Crippen molar-refractivity contribution in [2.75, 3.05) is 0 Å². The lowest BCUT2D eigenvalue weighted by Gasteiger charge is -2.07. The van der Waals surface area contributed by atoms with Crippen molar-refractivity contribution in [1.29, 1.82) is 0 Å². The van der Waals surface area contributed by atoms with Gasteiger partial charge in [0.1, 0.15) is 7.05 Å². The van der Waals surface area contributed by atoms with E-state index >= 15 is 0 Å². The molecule has 3 heterocycles. The Morgan fingerprint density at radius 1 is 0.913 bits per heavy atom. The summed E-state index contributed by atoms with van der Waals surface area (Å²) in [5.41, 5.74) is 7.81. The summed E-state index contributed by atoms with van der Waals surface area (Å²) in [6.45, 7) is 6.55. The molecule has 0 radical (unpaired) electrons. The second kappa shape index (κ2) is 4.95. The summed E-state index contributed by atoms with van der Waals surface area (Å²) in [4.78, 5) is 0. The molecule has 0 saturated heterocycles. The molecule has 4 rings (SSSR count). The smallest absolute Gasteiger partial charge is 0.212 e. The molecule has 2 nitrogen and oxygen atoms in total. The summed E-state index contributed by atoms with van der Waals surface area (Å²) in [7, 11) is 2.13. The van der Waals surface area contributed by atoms with Gasteiger partial charge in [0.15, 0.2) is 6.20 Å². The first-order valence-corrected chi connectivity index (χ1v) is 8.02. The third kappa shape index (κ3) is 2.14. The van der Waals surface area contributed by atoms with Gasteiger partial charge in [0.05, 0.1) is 5.52 Å². The van der Waals surface area contributed by atoms with Crippen LogP contribution in [0, 0.1) is 20.8 Å². The molecular weight excluding hydrogens is 280 g/mol. The molecular formula is C21H21N2+. The molecule has 0 fully saturated rings. The molecule has 0 atom stereocenters. The molecule has 0 bridgehead atoms. The van der Waals surface area contributed by atoms with Crippen molar-refractivity contribution < 1.29 is 4.57 Å². The highest BCUT2D eigenvalue weighted by atomic mass is 14.9. The molecule has 1 aromatic carbocycles. The molecule has 0 saturated carbocycles. The standard InChI is InChI=1S/C21H21N2/c1-14-10-21(22(4)12-16(14)3)18-11-17-13-23-8-6-5-7-20(23)19(17)9-15(18)2/h5-13H,1-4H3/q+1. The summed E-state index contributed by atoms with van der Waals surface area (Å²) >= 11 is 0. The lowest BCUT2D eigenvalue weighted by Crippen LogP contribution is -2.31. The Kier molecular flexibility index (Phi) is 3.02. The number of benzene rings is 1. The van der Waals surface area contributed by atoms with Crippen LogP contribution in [0.3, 0.4) is 0 Å². The van der Waals surface area contributed by atoms with Crippen LogP contribution in [0.4, 0.5) is 0 Å². The molecule has 4 aromatic rings. The third-order valence-electron chi connectivity index (χ3n) is 4.86. The van der Waals surface area contributed by atoms with Gasteiger partial charge in [0.2, 0.25) is 5.69 Å². The number of pyridine rings is 2. The predicted molar refractivity (Wildman–Crippen MR) is 95.7 cm³/mol. The maximum Gasteiger partial charge on any atom is 0.212 e. The number of rotatable bonds is 1. The van der Waals surface area contributed by atoms with Crippen molar-refractivity contribution in [3.8, 4) is 11.3 Å². The van der Waals surface area contributed by atoms with Gasteiger partial charge in [-0.15, -0.1) is 0 Å². The minimum absolute atomic E-state index is 1.27. The highest BCUT2D eigenvalue weighted by molar-refractivity contribution is 6.00. The Hall–Kier alpha value is -2.61. The van der Waals surface area contributed by atoms with Crippen LogP contribution < -0.4 is 4.57 Å². The Labute approximate surface area is 136 Å². The molecule has 0 N–H and O–H groups in total. The predicted octanol–water partition coefficient (Wildman–Crippen LogP) is 4.51. The van der Waals surface area contributed by atoms with E-state index < -0.39 is 0 Å². The van der Waals surface area contributed by atoms with Crippen molar-refractivity contribution in [3.05, 3.63) is 71.7 Å².